The lowest BCUT2D eigenvalue weighted by molar-refractivity contribution is -0.131. The number of hydrogen-bond acceptors (Lipinski definition) is 7. The number of aliphatic carboxylic acids is 1. The summed E-state index contributed by atoms with van der Waals surface area (Å²) in [6.45, 7) is 0.110. The Bertz CT molecular complexity index is 1010. The van der Waals surface area contributed by atoms with Crippen molar-refractivity contribution in [2.24, 2.45) is 0 Å². The van der Waals surface area contributed by atoms with Gasteiger partial charge in [-0.2, -0.15) is 0 Å². The van der Waals surface area contributed by atoms with Crippen LogP contribution in [0.15, 0.2) is 53.0 Å². The molecule has 0 aromatic heterocycles. The van der Waals surface area contributed by atoms with Crippen molar-refractivity contribution in [3.63, 3.8) is 0 Å². The number of carboxylic acids is 1. The highest BCUT2D eigenvalue weighted by molar-refractivity contribution is 9.10. The molecule has 0 radical (unpaired) electrons. The van der Waals surface area contributed by atoms with Gasteiger partial charge in [-0.05, 0) is 43.2 Å². The number of phenolic OH excluding ortho intramolecular Hbond substituents is 1. The summed E-state index contributed by atoms with van der Waals surface area (Å²) in [6.07, 6.45) is 0.833. The molecule has 0 fully saturated rings. The molecule has 0 spiro atoms. The Hall–Kier alpha value is -3.24. The third kappa shape index (κ3) is 6.14. The number of hydrogen-bond donors (Lipinski definition) is 3. The van der Waals surface area contributed by atoms with Crippen LogP contribution in [0.3, 0.4) is 0 Å². The van der Waals surface area contributed by atoms with Gasteiger partial charge >= 0.3 is 12.1 Å². The first kappa shape index (κ1) is 23.4. The average molecular weight is 508 g/mol. The number of anilines is 1. The van der Waals surface area contributed by atoms with Gasteiger partial charge in [0.25, 0.3) is 0 Å². The molecule has 1 aliphatic rings. The zero-order valence-electron chi connectivity index (χ0n) is 17.1. The van der Waals surface area contributed by atoms with Crippen molar-refractivity contribution in [1.29, 1.82) is 0 Å². The molecule has 1 amide bonds. The van der Waals surface area contributed by atoms with Gasteiger partial charge in [0.05, 0.1) is 6.10 Å². The summed E-state index contributed by atoms with van der Waals surface area (Å²) >= 11 is 3.35. The Morgan fingerprint density at radius 2 is 2.00 bits per heavy atom. The van der Waals surface area contributed by atoms with Crippen LogP contribution in [0.4, 0.5) is 10.5 Å². The lowest BCUT2D eigenvalue weighted by atomic mass is 9.99. The van der Waals surface area contributed by atoms with Gasteiger partial charge in [0.1, 0.15) is 5.75 Å². The van der Waals surface area contributed by atoms with Crippen LogP contribution in [0.25, 0.3) is 0 Å². The van der Waals surface area contributed by atoms with E-state index in [0.29, 0.717) is 40.1 Å². The van der Waals surface area contributed by atoms with Gasteiger partial charge in [-0.3, -0.25) is 5.32 Å². The molecule has 2 aromatic rings. The Morgan fingerprint density at radius 1 is 1.22 bits per heavy atom. The second kappa shape index (κ2) is 10.9. The van der Waals surface area contributed by atoms with Gasteiger partial charge in [-0.25, -0.2) is 9.59 Å². The maximum atomic E-state index is 12.7. The largest absolute Gasteiger partial charge is 0.508 e. The number of carboxylic acid groups (broad SMARTS) is 1. The average Bonchev–Trinajstić information content (AvgIpc) is 3.22. The highest BCUT2D eigenvalue weighted by Crippen LogP contribution is 2.36. The maximum absolute atomic E-state index is 12.7. The van der Waals surface area contributed by atoms with E-state index in [2.05, 4.69) is 21.2 Å². The molecule has 10 heteroatoms. The van der Waals surface area contributed by atoms with Gasteiger partial charge in [-0.15, -0.1) is 0 Å². The summed E-state index contributed by atoms with van der Waals surface area (Å²) in [5.41, 5.74) is 0.782. The van der Waals surface area contributed by atoms with Gasteiger partial charge in [0.2, 0.25) is 6.79 Å². The van der Waals surface area contributed by atoms with E-state index in [9.17, 15) is 14.7 Å². The first-order valence-corrected chi connectivity index (χ1v) is 10.4. The Morgan fingerprint density at radius 3 is 2.75 bits per heavy atom. The van der Waals surface area contributed by atoms with Crippen molar-refractivity contribution < 1.29 is 38.7 Å². The van der Waals surface area contributed by atoms with Crippen molar-refractivity contribution >= 4 is 33.7 Å². The minimum Gasteiger partial charge on any atom is -0.508 e. The van der Waals surface area contributed by atoms with E-state index in [1.165, 1.54) is 19.3 Å². The number of rotatable bonds is 9. The Kier molecular flexibility index (Phi) is 7.96. The summed E-state index contributed by atoms with van der Waals surface area (Å²) in [5, 5.41) is 21.8. The predicted molar refractivity (Wildman–Crippen MR) is 118 cm³/mol. The second-order valence-electron chi connectivity index (χ2n) is 6.81. The maximum Gasteiger partial charge on any atom is 0.412 e. The minimum absolute atomic E-state index is 0.0720. The SMILES string of the molecule is CO[C@@H](CC/C=C/C(=O)O)[C@@H](OC(=O)Nc1ccc2c(c1)OCO2)c1cc(Br)ccc1O. The Balaban J connectivity index is 1.78. The van der Waals surface area contributed by atoms with Crippen molar-refractivity contribution in [2.45, 2.75) is 25.0 Å². The summed E-state index contributed by atoms with van der Waals surface area (Å²) in [6, 6.07) is 9.68. The zero-order chi connectivity index (χ0) is 23.1. The number of halogens is 1. The lowest BCUT2D eigenvalue weighted by Gasteiger charge is -2.27. The number of phenols is 1. The quantitative estimate of drug-likeness (QED) is 0.420. The molecule has 0 bridgehead atoms. The molecule has 1 aliphatic heterocycles. The van der Waals surface area contributed by atoms with Gasteiger partial charge in [0, 0.05) is 35.0 Å². The van der Waals surface area contributed by atoms with Gasteiger partial charge < -0.3 is 29.2 Å². The molecule has 2 atom stereocenters. The van der Waals surface area contributed by atoms with Crippen molar-refractivity contribution in [2.75, 3.05) is 19.2 Å². The number of allylic oxidation sites excluding steroid dienone is 1. The van der Waals surface area contributed by atoms with Crippen LogP contribution < -0.4 is 14.8 Å². The fourth-order valence-electron chi connectivity index (χ4n) is 3.17. The highest BCUT2D eigenvalue weighted by Gasteiger charge is 2.29. The van der Waals surface area contributed by atoms with Crippen LogP contribution in [-0.4, -0.2) is 42.3 Å². The number of nitrogens with one attached hydrogen (secondary N) is 1. The monoisotopic (exact) mass is 507 g/mol. The van der Waals surface area contributed by atoms with Crippen LogP contribution in [0.5, 0.6) is 17.2 Å². The van der Waals surface area contributed by atoms with E-state index >= 15 is 0 Å². The molecule has 32 heavy (non-hydrogen) atoms. The van der Waals surface area contributed by atoms with Crippen LogP contribution in [0.2, 0.25) is 0 Å². The first-order valence-electron chi connectivity index (χ1n) is 9.65. The highest BCUT2D eigenvalue weighted by atomic mass is 79.9. The molecular formula is C22H22BrNO8. The van der Waals surface area contributed by atoms with E-state index in [0.717, 1.165) is 6.08 Å². The number of fused-ring (bicyclic) bond motifs is 1. The molecule has 0 aliphatic carbocycles. The van der Waals surface area contributed by atoms with Crippen LogP contribution in [-0.2, 0) is 14.3 Å². The van der Waals surface area contributed by atoms with Crippen LogP contribution >= 0.6 is 15.9 Å². The smallest absolute Gasteiger partial charge is 0.412 e. The molecular weight excluding hydrogens is 486 g/mol. The minimum atomic E-state index is -1.06. The van der Waals surface area contributed by atoms with E-state index in [1.54, 1.807) is 30.3 Å². The normalized spacial score (nSPS) is 14.2. The number of aromatic hydroxyl groups is 1. The number of amides is 1. The van der Waals surface area contributed by atoms with E-state index in [-0.39, 0.29) is 12.5 Å². The van der Waals surface area contributed by atoms with Crippen LogP contribution in [0.1, 0.15) is 24.5 Å². The van der Waals surface area contributed by atoms with Gasteiger partial charge in [0.15, 0.2) is 17.6 Å². The molecule has 0 saturated heterocycles. The number of methoxy groups -OCH3 is 1. The molecule has 1 heterocycles. The molecule has 170 valence electrons. The van der Waals surface area contributed by atoms with E-state index < -0.39 is 24.3 Å². The second-order valence-corrected chi connectivity index (χ2v) is 7.73. The lowest BCUT2D eigenvalue weighted by Crippen LogP contribution is -2.28. The van der Waals surface area contributed by atoms with E-state index in [1.807, 2.05) is 0 Å². The summed E-state index contributed by atoms with van der Waals surface area (Å²) in [5.74, 6) is -0.0459. The summed E-state index contributed by atoms with van der Waals surface area (Å²) in [4.78, 5) is 23.4. The number of carbonyl (C=O) groups excluding carboxylic acids is 1. The molecule has 2 aromatic carbocycles. The predicted octanol–water partition coefficient (Wildman–Crippen LogP) is 4.61. The number of benzene rings is 2. The summed E-state index contributed by atoms with van der Waals surface area (Å²) in [7, 11) is 1.45. The zero-order valence-corrected chi connectivity index (χ0v) is 18.7. The molecule has 0 unspecified atom stereocenters. The fourth-order valence-corrected chi connectivity index (χ4v) is 3.55. The van der Waals surface area contributed by atoms with Crippen molar-refractivity contribution in [1.82, 2.24) is 0 Å². The fraction of sp³-hybridized carbons (Fsp3) is 0.273. The topological polar surface area (TPSA) is 124 Å². The Labute approximate surface area is 192 Å². The van der Waals surface area contributed by atoms with Crippen molar-refractivity contribution in [3.05, 3.63) is 58.6 Å². The van der Waals surface area contributed by atoms with Crippen LogP contribution in [0, 0.1) is 0 Å². The molecule has 3 rings (SSSR count). The van der Waals surface area contributed by atoms with E-state index in [4.69, 9.17) is 24.1 Å². The number of ether oxygens (including phenoxy) is 4. The van der Waals surface area contributed by atoms with Gasteiger partial charge in [-0.1, -0.05) is 22.0 Å². The standard InChI is InChI=1S/C22H22BrNO8/c1-29-18(4-2-3-5-20(26)27)21(15-10-13(23)6-8-16(15)25)32-22(28)24-14-7-9-17-19(11-14)31-12-30-17/h3,5-11,18,21,25H,2,4,12H2,1H3,(H,24,28)(H,26,27)/b5-3+/t18-,21-/m0/s1. The summed E-state index contributed by atoms with van der Waals surface area (Å²) < 4.78 is 22.4. The number of carbonyl (C=O) groups is 2. The third-order valence-electron chi connectivity index (χ3n) is 4.67. The third-order valence-corrected chi connectivity index (χ3v) is 5.16. The molecule has 3 N–H and O–H groups in total. The van der Waals surface area contributed by atoms with Crippen molar-refractivity contribution in [3.8, 4) is 17.2 Å². The molecule has 0 saturated carbocycles. The molecule has 9 nitrogen and oxygen atoms in total. The first-order chi connectivity index (χ1) is 15.4.